The maximum Gasteiger partial charge on any atom is 0.573 e. The molecule has 2 aromatic carbocycles. The number of hydrogen-bond donors (Lipinski definition) is 4. The molecule has 0 aliphatic heterocycles. The number of alkyl halides is 3. The van der Waals surface area contributed by atoms with Crippen molar-refractivity contribution in [2.24, 2.45) is 0 Å². The number of nitrogens with one attached hydrogen (secondary N) is 2. The molecular weight excluding hydrogens is 489 g/mol. The topological polar surface area (TPSA) is 117 Å². The average Bonchev–Trinajstić information content (AvgIpc) is 2.69. The lowest BCUT2D eigenvalue weighted by atomic mass is 10.1. The highest BCUT2D eigenvalue weighted by Gasteiger charge is 2.32. The first kappa shape index (κ1) is 24.4. The van der Waals surface area contributed by atoms with Crippen molar-refractivity contribution in [1.82, 2.24) is 10.8 Å². The van der Waals surface area contributed by atoms with E-state index in [0.29, 0.717) is 10.0 Å². The van der Waals surface area contributed by atoms with Gasteiger partial charge in [0.1, 0.15) is 12.6 Å². The second-order valence-electron chi connectivity index (χ2n) is 6.29. The van der Waals surface area contributed by atoms with Crippen LogP contribution in [0.15, 0.2) is 46.9 Å². The van der Waals surface area contributed by atoms with E-state index in [1.165, 1.54) is 48.8 Å². The Morgan fingerprint density at radius 2 is 1.77 bits per heavy atom. The third kappa shape index (κ3) is 7.42. The highest BCUT2D eigenvalue weighted by molar-refractivity contribution is 9.10. The molecule has 2 aromatic rings. The van der Waals surface area contributed by atoms with Gasteiger partial charge in [0.15, 0.2) is 11.5 Å². The van der Waals surface area contributed by atoms with Crippen LogP contribution in [0.25, 0.3) is 0 Å². The molecule has 0 spiro atoms. The maximum absolute atomic E-state index is 12.6. The first-order chi connectivity index (χ1) is 14.5. The molecule has 2 rings (SSSR count). The molecule has 0 aliphatic rings. The van der Waals surface area contributed by atoms with E-state index in [9.17, 15) is 27.9 Å². The Hall–Kier alpha value is -2.83. The molecule has 2 atom stereocenters. The molecule has 0 heterocycles. The van der Waals surface area contributed by atoms with Gasteiger partial charge in [0.05, 0.1) is 6.10 Å². The van der Waals surface area contributed by atoms with Gasteiger partial charge in [-0.25, -0.2) is 5.48 Å². The molecule has 168 valence electrons. The van der Waals surface area contributed by atoms with Gasteiger partial charge in [-0.05, 0) is 42.8 Å². The fourth-order valence-corrected chi connectivity index (χ4v) is 2.76. The first-order valence-electron chi connectivity index (χ1n) is 8.70. The van der Waals surface area contributed by atoms with Crippen molar-refractivity contribution in [3.05, 3.63) is 58.1 Å². The Labute approximate surface area is 183 Å². The molecule has 0 aromatic heterocycles. The lowest BCUT2D eigenvalue weighted by molar-refractivity contribution is -0.275. The van der Waals surface area contributed by atoms with Crippen LogP contribution in [-0.4, -0.2) is 40.6 Å². The highest BCUT2D eigenvalue weighted by atomic mass is 79.9. The van der Waals surface area contributed by atoms with Crippen LogP contribution in [0.5, 0.6) is 11.5 Å². The number of aliphatic hydroxyl groups excluding tert-OH is 1. The van der Waals surface area contributed by atoms with E-state index in [0.717, 1.165) is 6.07 Å². The molecule has 0 saturated carbocycles. The van der Waals surface area contributed by atoms with Crippen LogP contribution < -0.4 is 20.3 Å². The summed E-state index contributed by atoms with van der Waals surface area (Å²) in [5.41, 5.74) is 2.04. The number of hydroxylamine groups is 1. The van der Waals surface area contributed by atoms with E-state index >= 15 is 0 Å². The Bertz CT molecular complexity index is 922. The van der Waals surface area contributed by atoms with Crippen molar-refractivity contribution >= 4 is 27.7 Å². The van der Waals surface area contributed by atoms with Crippen molar-refractivity contribution in [2.75, 3.05) is 0 Å². The van der Waals surface area contributed by atoms with E-state index in [1.807, 2.05) is 0 Å². The molecule has 2 unspecified atom stereocenters. The third-order valence-corrected chi connectivity index (χ3v) is 4.40. The van der Waals surface area contributed by atoms with Gasteiger partial charge < -0.3 is 19.9 Å². The second-order valence-corrected chi connectivity index (χ2v) is 7.21. The summed E-state index contributed by atoms with van der Waals surface area (Å²) in [6.07, 6.45) is -6.15. The first-order valence-corrected chi connectivity index (χ1v) is 9.49. The van der Waals surface area contributed by atoms with Gasteiger partial charge in [-0.2, -0.15) is 0 Å². The van der Waals surface area contributed by atoms with Crippen LogP contribution in [0, 0.1) is 0 Å². The number of benzene rings is 2. The Kier molecular flexibility index (Phi) is 8.25. The van der Waals surface area contributed by atoms with Gasteiger partial charge in [0.2, 0.25) is 0 Å². The molecule has 0 aliphatic carbocycles. The van der Waals surface area contributed by atoms with Crippen molar-refractivity contribution in [3.8, 4) is 11.5 Å². The average molecular weight is 507 g/mol. The van der Waals surface area contributed by atoms with Crippen molar-refractivity contribution in [1.29, 1.82) is 0 Å². The van der Waals surface area contributed by atoms with Crippen LogP contribution in [-0.2, 0) is 11.4 Å². The molecule has 31 heavy (non-hydrogen) atoms. The number of aliphatic hydroxyl groups is 1. The molecule has 4 N–H and O–H groups in total. The number of rotatable bonds is 8. The van der Waals surface area contributed by atoms with Crippen LogP contribution in [0.3, 0.4) is 0 Å². The number of hydrogen-bond acceptors (Lipinski definition) is 6. The van der Waals surface area contributed by atoms with Crippen LogP contribution >= 0.6 is 15.9 Å². The molecule has 0 bridgehead atoms. The predicted molar refractivity (Wildman–Crippen MR) is 104 cm³/mol. The second kappa shape index (κ2) is 10.5. The molecule has 0 fully saturated rings. The minimum Gasteiger partial charge on any atom is -0.485 e. The fraction of sp³-hybridized carbons (Fsp3) is 0.263. The van der Waals surface area contributed by atoms with Crippen molar-refractivity contribution < 1.29 is 42.5 Å². The zero-order valence-corrected chi connectivity index (χ0v) is 17.5. The molecule has 0 radical (unpaired) electrons. The predicted octanol–water partition coefficient (Wildman–Crippen LogP) is 2.91. The zero-order valence-electron chi connectivity index (χ0n) is 15.9. The fourth-order valence-electron chi connectivity index (χ4n) is 2.42. The summed E-state index contributed by atoms with van der Waals surface area (Å²) < 4.78 is 47.4. The number of amides is 2. The summed E-state index contributed by atoms with van der Waals surface area (Å²) in [6, 6.07) is 8.37. The molecular formula is C19H18BrF3N2O6. The minimum absolute atomic E-state index is 0.110. The normalized spacial score (nSPS) is 13.1. The molecule has 0 saturated heterocycles. The minimum atomic E-state index is -4.88. The summed E-state index contributed by atoms with van der Waals surface area (Å²) in [5, 5.41) is 20.5. The van der Waals surface area contributed by atoms with Gasteiger partial charge >= 0.3 is 6.36 Å². The van der Waals surface area contributed by atoms with E-state index in [4.69, 9.17) is 9.94 Å². The largest absolute Gasteiger partial charge is 0.573 e. The smallest absolute Gasteiger partial charge is 0.485 e. The van der Waals surface area contributed by atoms with E-state index in [1.54, 1.807) is 0 Å². The van der Waals surface area contributed by atoms with E-state index < -0.39 is 36.1 Å². The van der Waals surface area contributed by atoms with Crippen LogP contribution in [0.4, 0.5) is 13.2 Å². The summed E-state index contributed by atoms with van der Waals surface area (Å²) in [5.74, 6) is -2.31. The van der Waals surface area contributed by atoms with Crippen molar-refractivity contribution in [3.63, 3.8) is 0 Å². The maximum atomic E-state index is 12.6. The molecule has 2 amide bonds. The lowest BCUT2D eigenvalue weighted by Crippen LogP contribution is -2.51. The molecule has 8 nitrogen and oxygen atoms in total. The van der Waals surface area contributed by atoms with Gasteiger partial charge in [-0.1, -0.05) is 28.1 Å². The van der Waals surface area contributed by atoms with E-state index in [2.05, 4.69) is 26.0 Å². The third-order valence-electron chi connectivity index (χ3n) is 3.90. The summed E-state index contributed by atoms with van der Waals surface area (Å²) in [7, 11) is 0. The van der Waals surface area contributed by atoms with Gasteiger partial charge in [-0.15, -0.1) is 13.2 Å². The number of carbonyl (C=O) groups is 2. The number of halogens is 4. The Morgan fingerprint density at radius 1 is 1.13 bits per heavy atom. The molecule has 12 heteroatoms. The Morgan fingerprint density at radius 3 is 2.32 bits per heavy atom. The van der Waals surface area contributed by atoms with Crippen LogP contribution in [0.1, 0.15) is 22.8 Å². The van der Waals surface area contributed by atoms with Gasteiger partial charge in [0, 0.05) is 10.0 Å². The highest BCUT2D eigenvalue weighted by Crippen LogP contribution is 2.35. The Balaban J connectivity index is 2.05. The quantitative estimate of drug-likeness (QED) is 0.323. The standard InChI is InChI=1S/C19H18BrF3N2O6/c1-10(26)16(18(28)25-29)24-17(27)12-4-2-11(3-5-12)9-30-14-7-6-13(20)8-15(14)31-19(21,22)23/h2-8,10,16,26,29H,9H2,1H3,(H,24,27)(H,25,28). The SMILES string of the molecule is CC(O)C(NC(=O)c1ccc(COc2ccc(Br)cc2OC(F)(F)F)cc1)C(=O)NO. The van der Waals surface area contributed by atoms with E-state index in [-0.39, 0.29) is 17.9 Å². The summed E-state index contributed by atoms with van der Waals surface area (Å²) in [6.45, 7) is 1.15. The van der Waals surface area contributed by atoms with Crippen molar-refractivity contribution in [2.45, 2.75) is 32.0 Å². The number of carbonyl (C=O) groups excluding carboxylic acids is 2. The lowest BCUT2D eigenvalue weighted by Gasteiger charge is -2.19. The van der Waals surface area contributed by atoms with Gasteiger partial charge in [0.25, 0.3) is 11.8 Å². The monoisotopic (exact) mass is 506 g/mol. The summed E-state index contributed by atoms with van der Waals surface area (Å²) in [4.78, 5) is 23.7. The van der Waals surface area contributed by atoms with Gasteiger partial charge in [-0.3, -0.25) is 14.8 Å². The summed E-state index contributed by atoms with van der Waals surface area (Å²) >= 11 is 3.07. The number of ether oxygens (including phenoxy) is 2. The zero-order chi connectivity index (χ0) is 23.2. The van der Waals surface area contributed by atoms with Crippen LogP contribution in [0.2, 0.25) is 0 Å².